The molecule has 0 fully saturated rings. The molecule has 0 spiro atoms. The number of hydrogen-bond acceptors (Lipinski definition) is 42. The summed E-state index contributed by atoms with van der Waals surface area (Å²) >= 11 is 0. The van der Waals surface area contributed by atoms with Crippen molar-refractivity contribution < 1.29 is 212 Å². The number of aliphatic hydroxyl groups is 6. The van der Waals surface area contributed by atoms with Crippen molar-refractivity contribution in [2.75, 3.05) is 0 Å². The van der Waals surface area contributed by atoms with E-state index < -0.39 is 400 Å². The molecule has 686 valence electrons. The van der Waals surface area contributed by atoms with Crippen LogP contribution in [0.15, 0.2) is 115 Å². The van der Waals surface area contributed by atoms with Gasteiger partial charge in [0, 0.05) is 143 Å². The van der Waals surface area contributed by atoms with Crippen molar-refractivity contribution in [1.82, 2.24) is 0 Å². The molecule has 12 aromatic carbocycles. The highest BCUT2D eigenvalue weighted by Crippen LogP contribution is 2.70. The Labute approximate surface area is 735 Å². The molecule has 0 radical (unpaired) electrons. The normalized spacial score (nSPS) is 23.8. The molecule has 18 rings (SSSR count). The lowest BCUT2D eigenvalue weighted by molar-refractivity contribution is -0.0111. The fourth-order valence-electron chi connectivity index (χ4n) is 19.1. The van der Waals surface area contributed by atoms with Crippen molar-refractivity contribution in [3.63, 3.8) is 0 Å². The standard InChI is InChI=1S/C90H74O42/c91-27-13-30(93)54-53(14-27)127-81(22-3-42(105)70(117)43(106)4-22)75(122)64(54)56-32(95)17-34(97)58-66(77(124)83(129-87(56)58)24-7-46(109)72(119)47(110)8-24)60-36(99)19-38(101)62-68(79(126)85(131-89(60)62)26-11-50(113)74(121)51(114)12-26)63-39(102)20-37(100)61-67(78(125)84(132-90(61)63)25-9-48(111)73(120)49(112)10-25)59-35(98)18-33(96)57-65(76(123)82(130-88(57)59)23-5-44(107)71(118)45(108)6-23)55-31(94)16-29(92)28-15-52(115)80(128-86(28)55)21-1-40(103)69(116)41(104)2-21/h1-14,16-20,52,64-68,75-85,91-126H,15H2/t52-,64-,65+,66+,67-,68-,75-,76-,77-,78-,79-,80-,81-,82-,83-,84-,85-/m1/s1. The monoisotopic (exact) mass is 1830 g/mol. The van der Waals surface area contributed by atoms with Crippen molar-refractivity contribution >= 4 is 0 Å². The zero-order valence-electron chi connectivity index (χ0n) is 66.5. The van der Waals surface area contributed by atoms with Crippen LogP contribution in [0.3, 0.4) is 0 Å². The Balaban J connectivity index is 0.910. The number of benzene rings is 12. The summed E-state index contributed by atoms with van der Waals surface area (Å²) in [7, 11) is 0. The van der Waals surface area contributed by atoms with Gasteiger partial charge in [-0.1, -0.05) is 0 Å². The largest absolute Gasteiger partial charge is 0.508 e. The highest BCUT2D eigenvalue weighted by atomic mass is 16.5. The van der Waals surface area contributed by atoms with Crippen molar-refractivity contribution in [2.24, 2.45) is 0 Å². The highest BCUT2D eigenvalue weighted by Gasteiger charge is 2.57. The third-order valence-electron chi connectivity index (χ3n) is 24.9. The highest BCUT2D eigenvalue weighted by molar-refractivity contribution is 5.77. The summed E-state index contributed by atoms with van der Waals surface area (Å²) < 4.78 is 39.2. The van der Waals surface area contributed by atoms with Crippen LogP contribution in [0.5, 0.6) is 207 Å². The van der Waals surface area contributed by atoms with Crippen LogP contribution in [0, 0.1) is 0 Å². The molecule has 132 heavy (non-hydrogen) atoms. The van der Waals surface area contributed by atoms with E-state index in [2.05, 4.69) is 0 Å². The van der Waals surface area contributed by atoms with Gasteiger partial charge in [0.2, 0.25) is 0 Å². The van der Waals surface area contributed by atoms with Crippen molar-refractivity contribution in [3.05, 3.63) is 210 Å². The van der Waals surface area contributed by atoms with Crippen molar-refractivity contribution in [1.29, 1.82) is 0 Å². The predicted molar refractivity (Wildman–Crippen MR) is 436 cm³/mol. The first-order valence-electron chi connectivity index (χ1n) is 39.4. The number of phenols is 30. The molecule has 0 saturated heterocycles. The maximum Gasteiger partial charge on any atom is 0.200 e. The van der Waals surface area contributed by atoms with Gasteiger partial charge in [-0.2, -0.15) is 0 Å². The number of aliphatic hydroxyl groups excluding tert-OH is 6. The topological polar surface area (TPSA) is 784 Å². The van der Waals surface area contributed by atoms with Gasteiger partial charge in [-0.15, -0.1) is 0 Å². The van der Waals surface area contributed by atoms with Gasteiger partial charge in [0.15, 0.2) is 140 Å². The maximum atomic E-state index is 13.7. The number of rotatable bonds is 11. The first kappa shape index (κ1) is 86.0. The second-order valence-electron chi connectivity index (χ2n) is 32.6. The van der Waals surface area contributed by atoms with E-state index in [1.165, 1.54) is 0 Å². The summed E-state index contributed by atoms with van der Waals surface area (Å²) in [5.74, 6) is -51.1. The summed E-state index contributed by atoms with van der Waals surface area (Å²) in [4.78, 5) is 0. The summed E-state index contributed by atoms with van der Waals surface area (Å²) in [5, 5.41) is 427. The Morgan fingerprint density at radius 2 is 0.356 bits per heavy atom. The molecule has 36 N–H and O–H groups in total. The molecule has 42 heteroatoms. The van der Waals surface area contributed by atoms with Crippen molar-refractivity contribution in [2.45, 2.75) is 109 Å². The summed E-state index contributed by atoms with van der Waals surface area (Å²) in [5.41, 5.74) is -12.3. The molecule has 6 aliphatic heterocycles. The maximum absolute atomic E-state index is 13.7. The van der Waals surface area contributed by atoms with Gasteiger partial charge in [-0.05, 0) is 72.8 Å². The minimum absolute atomic E-state index is 0.304. The molecule has 0 aromatic heterocycles. The summed E-state index contributed by atoms with van der Waals surface area (Å²) in [6.45, 7) is 0. The number of aromatic hydroxyl groups is 30. The lowest BCUT2D eigenvalue weighted by Gasteiger charge is -2.45. The van der Waals surface area contributed by atoms with Gasteiger partial charge in [0.1, 0.15) is 134 Å². The third-order valence-corrected chi connectivity index (χ3v) is 24.9. The van der Waals surface area contributed by atoms with Gasteiger partial charge in [0.05, 0.1) is 35.7 Å². The van der Waals surface area contributed by atoms with Crippen LogP contribution < -0.4 is 28.4 Å². The molecule has 6 aliphatic rings. The van der Waals surface area contributed by atoms with Crippen LogP contribution in [0.1, 0.15) is 161 Å². The number of hydrogen-bond donors (Lipinski definition) is 36. The average Bonchev–Trinajstić information content (AvgIpc) is 0.860. The molecular formula is C90H74O42. The Bertz CT molecular complexity index is 6770. The van der Waals surface area contributed by atoms with E-state index in [1.807, 2.05) is 0 Å². The molecule has 42 nitrogen and oxygen atoms in total. The molecule has 0 unspecified atom stereocenters. The van der Waals surface area contributed by atoms with E-state index in [0.717, 1.165) is 36.4 Å². The second-order valence-corrected chi connectivity index (χ2v) is 32.6. The quantitative estimate of drug-likeness (QED) is 0.0578. The summed E-state index contributed by atoms with van der Waals surface area (Å²) in [6, 6.07) is 13.1. The van der Waals surface area contributed by atoms with Gasteiger partial charge < -0.3 is 212 Å². The van der Waals surface area contributed by atoms with E-state index in [-0.39, 0.29) is 11.1 Å². The van der Waals surface area contributed by atoms with E-state index in [4.69, 9.17) is 28.4 Å². The SMILES string of the molecule is Oc1cc(O)c2c(c1)O[C@H](c1cc(O)c(O)c(O)c1)[C@H](O)[C@H]2c1c(O)cc(O)c2c1O[C@H](c1cc(O)c(O)c(O)c1)[C@H](O)[C@@H]2c1c(O)cc(O)c2c1O[C@H](c1cc(O)c(O)c(O)c1)[C@H](O)[C@H]2c1c(O)cc(O)c2c1O[C@H](c1cc(O)c(O)c(O)c1)[C@H](O)[C@@H]2c1c(O)cc(O)c2c1O[C@H](c1cc(O)c(O)c(O)c1)[C@H](O)[C@H]2c1c(O)cc(O)c2c1O[C@H](c1cc(O)c(O)c(O)c1)[C@H](O)C2. The van der Waals surface area contributed by atoms with E-state index >= 15 is 0 Å². The van der Waals surface area contributed by atoms with E-state index in [1.54, 1.807) is 0 Å². The second kappa shape index (κ2) is 30.5. The van der Waals surface area contributed by atoms with Gasteiger partial charge in [-0.3, -0.25) is 0 Å². The van der Waals surface area contributed by atoms with Crippen molar-refractivity contribution in [3.8, 4) is 207 Å². The van der Waals surface area contributed by atoms with Crippen LogP contribution in [0.4, 0.5) is 0 Å². The minimum Gasteiger partial charge on any atom is -0.508 e. The van der Waals surface area contributed by atoms with Crippen LogP contribution in [0.2, 0.25) is 0 Å². The molecule has 6 heterocycles. The first-order chi connectivity index (χ1) is 62.3. The average molecular weight is 1830 g/mol. The van der Waals surface area contributed by atoms with Gasteiger partial charge in [-0.25, -0.2) is 0 Å². The first-order valence-corrected chi connectivity index (χ1v) is 39.4. The lowest BCUT2D eigenvalue weighted by Crippen LogP contribution is -2.40. The zero-order valence-corrected chi connectivity index (χ0v) is 66.5. The zero-order chi connectivity index (χ0) is 94.8. The van der Waals surface area contributed by atoms with E-state index in [0.29, 0.717) is 78.9 Å². The number of ether oxygens (including phenoxy) is 6. The fourth-order valence-corrected chi connectivity index (χ4v) is 19.1. The smallest absolute Gasteiger partial charge is 0.200 e. The van der Waals surface area contributed by atoms with E-state index in [9.17, 15) is 184 Å². The molecule has 0 aliphatic carbocycles. The third kappa shape index (κ3) is 13.0. The molecule has 0 bridgehead atoms. The number of fused-ring (bicyclic) bond motifs is 6. The summed E-state index contributed by atoms with van der Waals surface area (Å²) in [6.07, 6.45) is -28.4. The Kier molecular flexibility index (Phi) is 19.8. The molecule has 12 aromatic rings. The van der Waals surface area contributed by atoms with Gasteiger partial charge in [0.25, 0.3) is 0 Å². The molecule has 0 saturated carbocycles. The Hall–Kier alpha value is -16.8. The molecule has 0 amide bonds. The van der Waals surface area contributed by atoms with Crippen LogP contribution in [-0.2, 0) is 6.42 Å². The Morgan fingerprint density at radius 1 is 0.174 bits per heavy atom. The Morgan fingerprint density at radius 3 is 0.591 bits per heavy atom. The lowest BCUT2D eigenvalue weighted by atomic mass is 9.70. The predicted octanol–water partition coefficient (Wildman–Crippen LogP) is 7.02. The minimum atomic E-state index is -2.68. The van der Waals surface area contributed by atoms with Gasteiger partial charge >= 0.3 is 0 Å². The van der Waals surface area contributed by atoms with Crippen LogP contribution >= 0.6 is 0 Å². The number of phenolic OH excluding ortho intramolecular Hbond substituents is 30. The van der Waals surface area contributed by atoms with Crippen LogP contribution in [0.25, 0.3) is 0 Å². The fraction of sp³-hybridized carbons (Fsp3) is 0.200. The molecule has 17 atom stereocenters. The van der Waals surface area contributed by atoms with Crippen LogP contribution in [-0.4, -0.2) is 220 Å². The molecular weight excluding hydrogens is 1750 g/mol.